The smallest absolute Gasteiger partial charge is 0.410 e. The standard InChI is InChI=1S/C19H20ClN3O4S/c1-3-9-27-23(18(20)24)15-10-22(13(2)16-17(15)28-12-21-16)19(25)26-11-14-7-5-4-6-8-14/h3-8,12-13,15H,1,9-11H2,2H3. The molecular weight excluding hydrogens is 402 g/mol. The van der Waals surface area contributed by atoms with Crippen molar-refractivity contribution in [3.8, 4) is 0 Å². The molecule has 1 aromatic carbocycles. The van der Waals surface area contributed by atoms with Gasteiger partial charge < -0.3 is 4.74 Å². The summed E-state index contributed by atoms with van der Waals surface area (Å²) < 4.78 is 5.47. The average molecular weight is 422 g/mol. The number of carbonyl (C=O) groups is 2. The summed E-state index contributed by atoms with van der Waals surface area (Å²) in [5.41, 5.74) is 3.26. The van der Waals surface area contributed by atoms with E-state index < -0.39 is 17.5 Å². The maximum atomic E-state index is 12.8. The monoisotopic (exact) mass is 421 g/mol. The Labute approximate surface area is 172 Å². The fourth-order valence-electron chi connectivity index (χ4n) is 3.01. The topological polar surface area (TPSA) is 72.0 Å². The molecule has 0 N–H and O–H groups in total. The SMILES string of the molecule is C=CCON(C(=O)Cl)C1CN(C(=O)OCc2ccccc2)C(C)c2ncsc21. The average Bonchev–Trinajstić information content (AvgIpc) is 3.19. The van der Waals surface area contributed by atoms with Crippen LogP contribution in [0.3, 0.4) is 0 Å². The second-order valence-corrected chi connectivity index (χ2v) is 7.36. The summed E-state index contributed by atoms with van der Waals surface area (Å²) >= 11 is 7.12. The Morgan fingerprint density at radius 1 is 1.43 bits per heavy atom. The molecule has 0 spiro atoms. The molecule has 0 saturated carbocycles. The molecule has 3 rings (SSSR count). The molecule has 0 fully saturated rings. The zero-order chi connectivity index (χ0) is 20.1. The van der Waals surface area contributed by atoms with Crippen LogP contribution in [0.1, 0.15) is 35.1 Å². The Hall–Kier alpha value is -2.42. The Kier molecular flexibility index (Phi) is 6.66. The molecule has 0 aliphatic carbocycles. The lowest BCUT2D eigenvalue weighted by atomic mass is 10.0. The van der Waals surface area contributed by atoms with Crippen molar-refractivity contribution in [1.29, 1.82) is 0 Å². The van der Waals surface area contributed by atoms with Crippen molar-refractivity contribution in [2.45, 2.75) is 25.6 Å². The van der Waals surface area contributed by atoms with Crippen LogP contribution in [0, 0.1) is 0 Å². The summed E-state index contributed by atoms with van der Waals surface area (Å²) in [5, 5.41) is 0.280. The highest BCUT2D eigenvalue weighted by Crippen LogP contribution is 2.40. The number of amides is 2. The van der Waals surface area contributed by atoms with E-state index in [1.807, 2.05) is 37.3 Å². The number of halogens is 1. The van der Waals surface area contributed by atoms with E-state index >= 15 is 0 Å². The van der Waals surface area contributed by atoms with Gasteiger partial charge in [-0.2, -0.15) is 5.06 Å². The number of hydrogen-bond acceptors (Lipinski definition) is 6. The molecule has 7 nitrogen and oxygen atoms in total. The van der Waals surface area contributed by atoms with Gasteiger partial charge in [0.05, 0.1) is 35.3 Å². The first-order chi connectivity index (χ1) is 13.5. The van der Waals surface area contributed by atoms with Crippen molar-refractivity contribution >= 4 is 34.4 Å². The third-order valence-corrected chi connectivity index (χ3v) is 5.50. The van der Waals surface area contributed by atoms with E-state index in [1.54, 1.807) is 5.51 Å². The van der Waals surface area contributed by atoms with Crippen LogP contribution in [0.2, 0.25) is 0 Å². The van der Waals surface area contributed by atoms with Gasteiger partial charge in [-0.25, -0.2) is 9.78 Å². The molecule has 2 unspecified atom stereocenters. The van der Waals surface area contributed by atoms with E-state index in [1.165, 1.54) is 22.3 Å². The van der Waals surface area contributed by atoms with Crippen molar-refractivity contribution in [2.24, 2.45) is 0 Å². The zero-order valence-corrected chi connectivity index (χ0v) is 16.9. The Balaban J connectivity index is 1.80. The van der Waals surface area contributed by atoms with E-state index in [-0.39, 0.29) is 25.8 Å². The predicted octanol–water partition coefficient (Wildman–Crippen LogP) is 4.68. The van der Waals surface area contributed by atoms with Crippen LogP contribution in [0.15, 0.2) is 48.5 Å². The van der Waals surface area contributed by atoms with Gasteiger partial charge >= 0.3 is 11.5 Å². The molecule has 2 amide bonds. The zero-order valence-electron chi connectivity index (χ0n) is 15.3. The molecule has 2 atom stereocenters. The molecule has 28 heavy (non-hydrogen) atoms. The minimum absolute atomic E-state index is 0.108. The number of benzene rings is 1. The predicted molar refractivity (Wildman–Crippen MR) is 106 cm³/mol. The van der Waals surface area contributed by atoms with Crippen LogP contribution < -0.4 is 0 Å². The first kappa shape index (κ1) is 20.3. The first-order valence-electron chi connectivity index (χ1n) is 8.66. The molecule has 0 bridgehead atoms. The molecule has 1 aromatic heterocycles. The van der Waals surface area contributed by atoms with Crippen LogP contribution in [-0.4, -0.2) is 39.6 Å². The van der Waals surface area contributed by atoms with E-state index in [2.05, 4.69) is 11.6 Å². The second-order valence-electron chi connectivity index (χ2n) is 6.15. The van der Waals surface area contributed by atoms with Crippen molar-refractivity contribution < 1.29 is 19.2 Å². The molecule has 2 heterocycles. The molecule has 1 aliphatic heterocycles. The number of hydrogen-bond donors (Lipinski definition) is 0. The van der Waals surface area contributed by atoms with Crippen LogP contribution in [0.5, 0.6) is 0 Å². The third-order valence-electron chi connectivity index (χ3n) is 4.39. The van der Waals surface area contributed by atoms with E-state index in [4.69, 9.17) is 21.2 Å². The molecule has 2 aromatic rings. The van der Waals surface area contributed by atoms with Crippen molar-refractivity contribution in [3.63, 3.8) is 0 Å². The first-order valence-corrected chi connectivity index (χ1v) is 9.91. The summed E-state index contributed by atoms with van der Waals surface area (Å²) in [5.74, 6) is 0. The van der Waals surface area contributed by atoms with E-state index in [9.17, 15) is 9.59 Å². The fraction of sp³-hybridized carbons (Fsp3) is 0.316. The number of aromatic nitrogens is 1. The van der Waals surface area contributed by atoms with E-state index in [0.717, 1.165) is 15.5 Å². The Morgan fingerprint density at radius 3 is 2.86 bits per heavy atom. The van der Waals surface area contributed by atoms with Gasteiger partial charge in [0.15, 0.2) is 0 Å². The lowest BCUT2D eigenvalue weighted by molar-refractivity contribution is -0.135. The summed E-state index contributed by atoms with van der Waals surface area (Å²) in [4.78, 5) is 36.9. The van der Waals surface area contributed by atoms with Gasteiger partial charge in [-0.1, -0.05) is 36.4 Å². The van der Waals surface area contributed by atoms with E-state index in [0.29, 0.717) is 5.69 Å². The van der Waals surface area contributed by atoms with Crippen molar-refractivity contribution in [1.82, 2.24) is 14.9 Å². The van der Waals surface area contributed by atoms with Gasteiger partial charge in [0, 0.05) is 0 Å². The lowest BCUT2D eigenvalue weighted by Crippen LogP contribution is -2.46. The highest BCUT2D eigenvalue weighted by molar-refractivity contribution is 7.09. The number of rotatable bonds is 6. The maximum Gasteiger partial charge on any atom is 0.410 e. The number of nitrogens with zero attached hydrogens (tertiary/aromatic N) is 3. The largest absolute Gasteiger partial charge is 0.445 e. The summed E-state index contributed by atoms with van der Waals surface area (Å²) in [7, 11) is 0. The normalized spacial score (nSPS) is 18.3. The van der Waals surface area contributed by atoms with Crippen LogP contribution in [-0.2, 0) is 16.2 Å². The van der Waals surface area contributed by atoms with Crippen molar-refractivity contribution in [2.75, 3.05) is 13.2 Å². The van der Waals surface area contributed by atoms with Gasteiger partial charge in [0.25, 0.3) is 0 Å². The molecule has 1 aliphatic rings. The minimum atomic E-state index is -0.779. The van der Waals surface area contributed by atoms with Crippen LogP contribution in [0.25, 0.3) is 0 Å². The number of ether oxygens (including phenoxy) is 1. The molecule has 148 valence electrons. The summed E-state index contributed by atoms with van der Waals surface area (Å²) in [6.07, 6.45) is 1.02. The van der Waals surface area contributed by atoms with Gasteiger partial charge in [-0.05, 0) is 24.1 Å². The summed E-state index contributed by atoms with van der Waals surface area (Å²) in [6, 6.07) is 8.54. The fourth-order valence-corrected chi connectivity index (χ4v) is 4.13. The van der Waals surface area contributed by atoms with Gasteiger partial charge in [-0.15, -0.1) is 17.9 Å². The Bertz CT molecular complexity index is 845. The number of fused-ring (bicyclic) bond motifs is 1. The number of carbonyl (C=O) groups excluding carboxylic acids is 2. The summed E-state index contributed by atoms with van der Waals surface area (Å²) in [6.45, 7) is 5.89. The highest BCUT2D eigenvalue weighted by atomic mass is 35.5. The third kappa shape index (κ3) is 4.35. The molecular formula is C19H20ClN3O4S. The van der Waals surface area contributed by atoms with Crippen molar-refractivity contribution in [3.05, 3.63) is 64.6 Å². The number of thiazole rings is 1. The second kappa shape index (κ2) is 9.18. The highest BCUT2D eigenvalue weighted by Gasteiger charge is 2.41. The quantitative estimate of drug-likeness (QED) is 0.293. The minimum Gasteiger partial charge on any atom is -0.445 e. The van der Waals surface area contributed by atoms with Gasteiger partial charge in [0.2, 0.25) is 0 Å². The van der Waals surface area contributed by atoms with Crippen LogP contribution in [0.4, 0.5) is 9.59 Å². The molecule has 0 radical (unpaired) electrons. The van der Waals surface area contributed by atoms with Crippen LogP contribution >= 0.6 is 22.9 Å². The molecule has 9 heteroatoms. The van der Waals surface area contributed by atoms with Gasteiger partial charge in [-0.3, -0.25) is 14.5 Å². The maximum absolute atomic E-state index is 12.8. The lowest BCUT2D eigenvalue weighted by Gasteiger charge is -2.39. The number of hydroxylamine groups is 2. The molecule has 0 saturated heterocycles. The Morgan fingerprint density at radius 2 is 2.18 bits per heavy atom. The van der Waals surface area contributed by atoms with Gasteiger partial charge in [0.1, 0.15) is 12.6 Å².